The zero-order valence-corrected chi connectivity index (χ0v) is 17.9. The second kappa shape index (κ2) is 11.6. The number of aldehydes is 1. The quantitative estimate of drug-likeness (QED) is 0.326. The zero-order valence-electron chi connectivity index (χ0n) is 17.9. The Morgan fingerprint density at radius 2 is 1.69 bits per heavy atom. The second-order valence-corrected chi connectivity index (χ2v) is 7.39. The second-order valence-electron chi connectivity index (χ2n) is 7.39. The first-order valence-electron chi connectivity index (χ1n) is 10.4. The van der Waals surface area contributed by atoms with E-state index in [0.717, 1.165) is 17.4 Å². The van der Waals surface area contributed by atoms with Crippen molar-refractivity contribution in [2.75, 3.05) is 12.4 Å². The molecule has 0 spiro atoms. The summed E-state index contributed by atoms with van der Waals surface area (Å²) in [5.74, 6) is -0.503. The van der Waals surface area contributed by atoms with Gasteiger partial charge in [0.05, 0.1) is 13.2 Å². The molecular weight excluding hydrogens is 409 g/mol. The minimum atomic E-state index is -0.491. The van der Waals surface area contributed by atoms with Gasteiger partial charge in [-0.1, -0.05) is 42.5 Å². The van der Waals surface area contributed by atoms with E-state index in [4.69, 9.17) is 9.47 Å². The van der Waals surface area contributed by atoms with E-state index in [9.17, 15) is 14.0 Å². The molecule has 0 saturated carbocycles. The van der Waals surface area contributed by atoms with Crippen molar-refractivity contribution >= 4 is 17.9 Å². The Morgan fingerprint density at radius 3 is 2.31 bits per heavy atom. The van der Waals surface area contributed by atoms with Crippen LogP contribution in [-0.2, 0) is 20.9 Å². The van der Waals surface area contributed by atoms with Gasteiger partial charge in [-0.3, -0.25) is 4.79 Å². The van der Waals surface area contributed by atoms with E-state index in [1.165, 1.54) is 19.2 Å². The van der Waals surface area contributed by atoms with Crippen LogP contribution in [0.25, 0.3) is 0 Å². The minimum Gasteiger partial charge on any atom is -0.489 e. The van der Waals surface area contributed by atoms with Crippen LogP contribution in [0, 0.1) is 11.7 Å². The number of carbonyl (C=O) groups is 2. The standard InChI is InChI=1S/C26H26FNO4/c1-31-25(30)16-9-21(17-29)26(28-23-12-10-22(27)11-13-23)20-7-14-24(15-8-20)32-18-19-5-3-2-4-6-19/h2-8,10-15,17,21,26,28H,9,16,18H2,1H3. The van der Waals surface area contributed by atoms with Gasteiger partial charge in [-0.2, -0.15) is 0 Å². The van der Waals surface area contributed by atoms with E-state index in [0.29, 0.717) is 24.5 Å². The number of anilines is 1. The number of ether oxygens (including phenoxy) is 2. The summed E-state index contributed by atoms with van der Waals surface area (Å²) in [7, 11) is 1.32. The first kappa shape index (κ1) is 23.0. The van der Waals surface area contributed by atoms with Gasteiger partial charge in [-0.05, 0) is 53.9 Å². The normalized spacial score (nSPS) is 12.4. The van der Waals surface area contributed by atoms with Gasteiger partial charge >= 0.3 is 5.97 Å². The number of methoxy groups -OCH3 is 1. The van der Waals surface area contributed by atoms with E-state index in [1.54, 1.807) is 12.1 Å². The Morgan fingerprint density at radius 1 is 1.00 bits per heavy atom. The van der Waals surface area contributed by atoms with Crippen molar-refractivity contribution in [3.8, 4) is 5.75 Å². The molecule has 0 aliphatic rings. The highest BCUT2D eigenvalue weighted by molar-refractivity contribution is 5.70. The van der Waals surface area contributed by atoms with Crippen LogP contribution in [0.2, 0.25) is 0 Å². The van der Waals surface area contributed by atoms with Gasteiger partial charge in [0.25, 0.3) is 0 Å². The van der Waals surface area contributed by atoms with Crippen LogP contribution in [0.4, 0.5) is 10.1 Å². The third kappa shape index (κ3) is 6.67. The van der Waals surface area contributed by atoms with Crippen molar-refractivity contribution in [3.05, 3.63) is 95.8 Å². The molecule has 166 valence electrons. The Labute approximate surface area is 187 Å². The third-order valence-electron chi connectivity index (χ3n) is 5.17. The van der Waals surface area contributed by atoms with Crippen molar-refractivity contribution in [3.63, 3.8) is 0 Å². The summed E-state index contributed by atoms with van der Waals surface area (Å²) in [6.45, 7) is 0.452. The van der Waals surface area contributed by atoms with E-state index in [2.05, 4.69) is 5.32 Å². The average Bonchev–Trinajstić information content (AvgIpc) is 2.84. The Kier molecular flexibility index (Phi) is 8.37. The summed E-state index contributed by atoms with van der Waals surface area (Å²) in [5, 5.41) is 3.30. The van der Waals surface area contributed by atoms with Crippen LogP contribution in [-0.4, -0.2) is 19.4 Å². The maximum absolute atomic E-state index is 13.3. The molecule has 2 atom stereocenters. The summed E-state index contributed by atoms with van der Waals surface area (Å²) in [5.41, 5.74) is 2.59. The van der Waals surface area contributed by atoms with Gasteiger partial charge in [0, 0.05) is 18.0 Å². The summed E-state index contributed by atoms with van der Waals surface area (Å²) < 4.78 is 23.9. The molecule has 0 bridgehead atoms. The maximum Gasteiger partial charge on any atom is 0.305 e. The van der Waals surface area contributed by atoms with E-state index in [-0.39, 0.29) is 18.2 Å². The highest BCUT2D eigenvalue weighted by atomic mass is 19.1. The smallest absolute Gasteiger partial charge is 0.305 e. The van der Waals surface area contributed by atoms with Gasteiger partial charge in [-0.15, -0.1) is 0 Å². The summed E-state index contributed by atoms with van der Waals surface area (Å²) in [4.78, 5) is 23.5. The monoisotopic (exact) mass is 435 g/mol. The molecule has 3 rings (SSSR count). The van der Waals surface area contributed by atoms with Crippen LogP contribution in [0.1, 0.15) is 30.0 Å². The lowest BCUT2D eigenvalue weighted by molar-refractivity contribution is -0.141. The largest absolute Gasteiger partial charge is 0.489 e. The number of nitrogens with one attached hydrogen (secondary N) is 1. The number of rotatable bonds is 11. The molecule has 2 unspecified atom stereocenters. The molecule has 3 aromatic carbocycles. The Hall–Kier alpha value is -3.67. The fraction of sp³-hybridized carbons (Fsp3) is 0.231. The van der Waals surface area contributed by atoms with Crippen LogP contribution < -0.4 is 10.1 Å². The number of hydrogen-bond acceptors (Lipinski definition) is 5. The lowest BCUT2D eigenvalue weighted by Crippen LogP contribution is -2.23. The van der Waals surface area contributed by atoms with Crippen molar-refractivity contribution in [2.24, 2.45) is 5.92 Å². The molecule has 1 N–H and O–H groups in total. The summed E-state index contributed by atoms with van der Waals surface area (Å²) >= 11 is 0. The Bertz CT molecular complexity index is 991. The highest BCUT2D eigenvalue weighted by Gasteiger charge is 2.24. The SMILES string of the molecule is COC(=O)CCC(C=O)C(Nc1ccc(F)cc1)c1ccc(OCc2ccccc2)cc1. The number of benzene rings is 3. The van der Waals surface area contributed by atoms with Crippen LogP contribution >= 0.6 is 0 Å². The van der Waals surface area contributed by atoms with Crippen LogP contribution in [0.3, 0.4) is 0 Å². The van der Waals surface area contributed by atoms with Gasteiger partial charge in [-0.25, -0.2) is 4.39 Å². The first-order chi connectivity index (χ1) is 15.6. The van der Waals surface area contributed by atoms with Crippen LogP contribution in [0.15, 0.2) is 78.9 Å². The molecule has 0 aliphatic carbocycles. The number of esters is 1. The lowest BCUT2D eigenvalue weighted by Gasteiger charge is -2.26. The van der Waals surface area contributed by atoms with Crippen molar-refractivity contribution in [2.45, 2.75) is 25.5 Å². The van der Waals surface area contributed by atoms with Gasteiger partial charge in [0.2, 0.25) is 0 Å². The predicted molar refractivity (Wildman–Crippen MR) is 121 cm³/mol. The molecule has 0 fully saturated rings. The van der Waals surface area contributed by atoms with E-state index in [1.807, 2.05) is 54.6 Å². The maximum atomic E-state index is 13.3. The minimum absolute atomic E-state index is 0.125. The predicted octanol–water partition coefficient (Wildman–Crippen LogP) is 5.33. The number of halogens is 1. The van der Waals surface area contributed by atoms with Crippen molar-refractivity contribution in [1.29, 1.82) is 0 Å². The van der Waals surface area contributed by atoms with E-state index >= 15 is 0 Å². The molecule has 0 amide bonds. The third-order valence-corrected chi connectivity index (χ3v) is 5.17. The Balaban J connectivity index is 1.76. The van der Waals surface area contributed by atoms with Crippen molar-refractivity contribution in [1.82, 2.24) is 0 Å². The summed E-state index contributed by atoms with van der Waals surface area (Å²) in [6, 6.07) is 22.8. The first-order valence-corrected chi connectivity index (χ1v) is 10.4. The molecule has 32 heavy (non-hydrogen) atoms. The van der Waals surface area contributed by atoms with E-state index < -0.39 is 12.0 Å². The zero-order chi connectivity index (χ0) is 22.8. The molecule has 0 radical (unpaired) electrons. The highest BCUT2D eigenvalue weighted by Crippen LogP contribution is 2.30. The molecule has 3 aromatic rings. The lowest BCUT2D eigenvalue weighted by atomic mass is 9.90. The summed E-state index contributed by atoms with van der Waals surface area (Å²) in [6.07, 6.45) is 1.28. The molecule has 6 heteroatoms. The molecule has 0 heterocycles. The average molecular weight is 435 g/mol. The van der Waals surface area contributed by atoms with Gasteiger partial charge in [0.1, 0.15) is 24.5 Å². The number of carbonyl (C=O) groups excluding carboxylic acids is 2. The van der Waals surface area contributed by atoms with Gasteiger partial charge < -0.3 is 19.6 Å². The topological polar surface area (TPSA) is 64.6 Å². The number of hydrogen-bond donors (Lipinski definition) is 1. The molecule has 0 aromatic heterocycles. The van der Waals surface area contributed by atoms with Crippen molar-refractivity contribution < 1.29 is 23.5 Å². The molecular formula is C26H26FNO4. The fourth-order valence-electron chi connectivity index (χ4n) is 3.38. The van der Waals surface area contributed by atoms with Crippen LogP contribution in [0.5, 0.6) is 5.75 Å². The fourth-order valence-corrected chi connectivity index (χ4v) is 3.38. The van der Waals surface area contributed by atoms with Gasteiger partial charge in [0.15, 0.2) is 0 Å². The molecule has 0 aliphatic heterocycles. The molecule has 5 nitrogen and oxygen atoms in total. The molecule has 0 saturated heterocycles.